The molecule has 0 aliphatic heterocycles. The van der Waals surface area contributed by atoms with E-state index in [4.69, 9.17) is 15.0 Å². The number of nitriles is 1. The third-order valence-electron chi connectivity index (χ3n) is 9.92. The van der Waals surface area contributed by atoms with E-state index in [1.165, 1.54) is 54.3 Å². The molecule has 0 saturated carbocycles. The van der Waals surface area contributed by atoms with E-state index in [0.717, 1.165) is 38.7 Å². The highest BCUT2D eigenvalue weighted by Gasteiger charge is 2.26. The molecule has 0 aliphatic rings. The maximum Gasteiger partial charge on any atom is 0.235 e. The Labute approximate surface area is 272 Å². The van der Waals surface area contributed by atoms with E-state index in [-0.39, 0.29) is 0 Å². The van der Waals surface area contributed by atoms with Crippen molar-refractivity contribution >= 4 is 81.7 Å². The molecule has 48 heavy (non-hydrogen) atoms. The summed E-state index contributed by atoms with van der Waals surface area (Å²) in [7, 11) is 0. The third kappa shape index (κ3) is 3.17. The highest BCUT2D eigenvalue weighted by molar-refractivity contribution is 6.38. The molecule has 0 saturated heterocycles. The van der Waals surface area contributed by atoms with Gasteiger partial charge in [0, 0.05) is 44.1 Å². The van der Waals surface area contributed by atoms with E-state index in [9.17, 15) is 5.26 Å². The molecule has 0 unspecified atom stereocenters. The van der Waals surface area contributed by atoms with Crippen molar-refractivity contribution in [3.63, 3.8) is 0 Å². The number of para-hydroxylation sites is 2. The zero-order chi connectivity index (χ0) is 31.5. The van der Waals surface area contributed by atoms with Gasteiger partial charge in [-0.25, -0.2) is 9.97 Å². The van der Waals surface area contributed by atoms with Crippen LogP contribution in [0.15, 0.2) is 134 Å². The first-order chi connectivity index (χ1) is 23.8. The number of fused-ring (bicyclic) bond motifs is 13. The number of rotatable bonds is 2. The van der Waals surface area contributed by atoms with Gasteiger partial charge in [-0.05, 0) is 59.3 Å². The fourth-order valence-corrected chi connectivity index (χ4v) is 7.95. The second-order valence-electron chi connectivity index (χ2n) is 12.4. The monoisotopic (exact) mass is 610 g/mol. The molecule has 11 aromatic rings. The molecule has 0 bridgehead atoms. The highest BCUT2D eigenvalue weighted by atomic mass is 15.2. The van der Waals surface area contributed by atoms with Crippen LogP contribution in [0.5, 0.6) is 0 Å². The van der Waals surface area contributed by atoms with Crippen molar-refractivity contribution in [1.82, 2.24) is 23.9 Å². The molecule has 0 N–H and O–H groups in total. The molecule has 6 nitrogen and oxygen atoms in total. The molecule has 220 valence electrons. The highest BCUT2D eigenvalue weighted by Crippen LogP contribution is 2.48. The molecule has 0 radical (unpaired) electrons. The normalized spacial score (nSPS) is 12.1. The smallest absolute Gasteiger partial charge is 0.235 e. The lowest BCUT2D eigenvalue weighted by Crippen LogP contribution is -2.04. The van der Waals surface area contributed by atoms with Crippen LogP contribution in [0.2, 0.25) is 0 Å². The van der Waals surface area contributed by atoms with E-state index >= 15 is 0 Å². The van der Waals surface area contributed by atoms with Crippen LogP contribution in [0, 0.1) is 11.3 Å². The molecule has 0 spiro atoms. The van der Waals surface area contributed by atoms with Gasteiger partial charge in [-0.2, -0.15) is 5.26 Å². The van der Waals surface area contributed by atoms with Crippen molar-refractivity contribution < 1.29 is 0 Å². The van der Waals surface area contributed by atoms with Crippen molar-refractivity contribution in [3.05, 3.63) is 139 Å². The summed E-state index contributed by atoms with van der Waals surface area (Å²) in [5.74, 6) is 0.576. The Morgan fingerprint density at radius 3 is 2.17 bits per heavy atom. The predicted molar refractivity (Wildman–Crippen MR) is 194 cm³/mol. The number of aromatic nitrogens is 5. The average Bonchev–Trinajstić information content (AvgIpc) is 3.79. The minimum absolute atomic E-state index is 0.576. The number of benzene rings is 6. The molecule has 0 atom stereocenters. The molecule has 5 aromatic heterocycles. The Kier molecular flexibility index (Phi) is 4.82. The molecular weight excluding hydrogens is 589 g/mol. The summed E-state index contributed by atoms with van der Waals surface area (Å²) in [5.41, 5.74) is 9.41. The standard InChI is InChI=1S/C42H22N6/c43-23-24-15-17-26(18-16-24)39-40-31(12-7-21-44-40)45-42(46-39)48-33-14-6-4-11-29(33)37-35(48)22-30-28-10-3-5-13-32(28)47-34-20-19-25-8-1-2-9-27(25)36(34)38(37)41(30)47/h1-22H. The van der Waals surface area contributed by atoms with Gasteiger partial charge < -0.3 is 4.40 Å². The fourth-order valence-electron chi connectivity index (χ4n) is 7.95. The average molecular weight is 611 g/mol. The number of nitrogens with zero attached hydrogens (tertiary/aromatic N) is 6. The molecule has 0 fully saturated rings. The van der Waals surface area contributed by atoms with E-state index < -0.39 is 0 Å². The maximum absolute atomic E-state index is 9.44. The van der Waals surface area contributed by atoms with Crippen LogP contribution in [0.3, 0.4) is 0 Å². The van der Waals surface area contributed by atoms with E-state index in [0.29, 0.717) is 11.5 Å². The van der Waals surface area contributed by atoms with Crippen LogP contribution in [0.4, 0.5) is 0 Å². The Morgan fingerprint density at radius 1 is 0.562 bits per heavy atom. The van der Waals surface area contributed by atoms with Crippen LogP contribution >= 0.6 is 0 Å². The molecule has 11 rings (SSSR count). The van der Waals surface area contributed by atoms with Crippen LogP contribution < -0.4 is 0 Å². The predicted octanol–water partition coefficient (Wildman–Crippen LogP) is 9.96. The van der Waals surface area contributed by atoms with Crippen LogP contribution in [0.25, 0.3) is 98.9 Å². The topological polar surface area (TPSA) is 71.8 Å². The van der Waals surface area contributed by atoms with E-state index in [1.54, 1.807) is 6.20 Å². The number of hydrogen-bond acceptors (Lipinski definition) is 4. The molecule has 0 amide bonds. The Bertz CT molecular complexity index is 3180. The van der Waals surface area contributed by atoms with Gasteiger partial charge in [0.15, 0.2) is 0 Å². The van der Waals surface area contributed by atoms with Gasteiger partial charge >= 0.3 is 0 Å². The van der Waals surface area contributed by atoms with Crippen LogP contribution in [-0.2, 0) is 0 Å². The first kappa shape index (κ1) is 25.4. The zero-order valence-electron chi connectivity index (χ0n) is 25.4. The first-order valence-corrected chi connectivity index (χ1v) is 15.9. The summed E-state index contributed by atoms with van der Waals surface area (Å²) in [4.78, 5) is 15.1. The van der Waals surface area contributed by atoms with Crippen molar-refractivity contribution in [1.29, 1.82) is 5.26 Å². The Morgan fingerprint density at radius 2 is 1.31 bits per heavy atom. The molecule has 6 aromatic carbocycles. The van der Waals surface area contributed by atoms with Gasteiger partial charge in [-0.1, -0.05) is 78.9 Å². The summed E-state index contributed by atoms with van der Waals surface area (Å²) >= 11 is 0. The number of hydrogen-bond donors (Lipinski definition) is 0. The lowest BCUT2D eigenvalue weighted by molar-refractivity contribution is 1.01. The minimum atomic E-state index is 0.576. The Hall–Kier alpha value is -6.84. The summed E-state index contributed by atoms with van der Waals surface area (Å²) in [6.45, 7) is 0. The molecular formula is C42H22N6. The SMILES string of the molecule is N#Cc1ccc(-c2nc(-n3c4ccccc4c4c5c6c7ccccc7ccc6n6c7ccccc7c(cc43)c56)nc3cccnc23)cc1. The Balaban J connectivity index is 1.37. The molecule has 0 aliphatic carbocycles. The third-order valence-corrected chi connectivity index (χ3v) is 9.92. The maximum atomic E-state index is 9.44. The number of pyridine rings is 1. The van der Waals surface area contributed by atoms with Gasteiger partial charge in [-0.15, -0.1) is 0 Å². The van der Waals surface area contributed by atoms with Gasteiger partial charge in [0.1, 0.15) is 11.2 Å². The second-order valence-corrected chi connectivity index (χ2v) is 12.4. The lowest BCUT2D eigenvalue weighted by atomic mass is 9.98. The van der Waals surface area contributed by atoms with Gasteiger partial charge in [0.2, 0.25) is 5.95 Å². The quantitative estimate of drug-likeness (QED) is 0.195. The van der Waals surface area contributed by atoms with Gasteiger partial charge in [0.25, 0.3) is 0 Å². The van der Waals surface area contributed by atoms with E-state index in [2.05, 4.69) is 106 Å². The van der Waals surface area contributed by atoms with Gasteiger partial charge in [-0.3, -0.25) is 9.55 Å². The largest absolute Gasteiger partial charge is 0.308 e. The van der Waals surface area contributed by atoms with Crippen molar-refractivity contribution in [2.75, 3.05) is 0 Å². The first-order valence-electron chi connectivity index (χ1n) is 15.9. The molecule has 6 heteroatoms. The summed E-state index contributed by atoms with van der Waals surface area (Å²) in [6.07, 6.45) is 1.77. The fraction of sp³-hybridized carbons (Fsp3) is 0. The van der Waals surface area contributed by atoms with Crippen molar-refractivity contribution in [2.45, 2.75) is 0 Å². The zero-order valence-corrected chi connectivity index (χ0v) is 25.4. The summed E-state index contributed by atoms with van der Waals surface area (Å²) in [5, 5.41) is 19.2. The van der Waals surface area contributed by atoms with Crippen molar-refractivity contribution in [3.8, 4) is 23.3 Å². The van der Waals surface area contributed by atoms with Crippen LogP contribution in [0.1, 0.15) is 5.56 Å². The second kappa shape index (κ2) is 9.12. The van der Waals surface area contributed by atoms with Crippen molar-refractivity contribution in [2.24, 2.45) is 0 Å². The minimum Gasteiger partial charge on any atom is -0.308 e. The summed E-state index contributed by atoms with van der Waals surface area (Å²) < 4.78 is 4.67. The van der Waals surface area contributed by atoms with E-state index in [1.807, 2.05) is 36.4 Å². The van der Waals surface area contributed by atoms with Gasteiger partial charge in [0.05, 0.1) is 44.7 Å². The van der Waals surface area contributed by atoms with Crippen LogP contribution in [-0.4, -0.2) is 23.9 Å². The summed E-state index contributed by atoms with van der Waals surface area (Å²) in [6, 6.07) is 46.5. The molecule has 5 heterocycles. The lowest BCUT2D eigenvalue weighted by Gasteiger charge is -2.11.